The van der Waals surface area contributed by atoms with Gasteiger partial charge in [-0.05, 0) is 38.2 Å². The Morgan fingerprint density at radius 1 is 1.26 bits per heavy atom. The van der Waals surface area contributed by atoms with Crippen LogP contribution < -0.4 is 10.6 Å². The second-order valence-electron chi connectivity index (χ2n) is 6.85. The SMILES string of the molecule is CC[C@H](F)CNc1ncc(-c2cc(F)ccn2)c(NC2CCC(O)CC2)n1. The molecule has 0 radical (unpaired) electrons. The number of hydrogen-bond donors (Lipinski definition) is 3. The average Bonchev–Trinajstić information content (AvgIpc) is 2.68. The number of aromatic nitrogens is 3. The van der Waals surface area contributed by atoms with Crippen LogP contribution in [-0.2, 0) is 0 Å². The molecule has 8 heteroatoms. The Balaban J connectivity index is 1.85. The zero-order valence-electron chi connectivity index (χ0n) is 15.3. The molecule has 3 N–H and O–H groups in total. The van der Waals surface area contributed by atoms with Crippen molar-refractivity contribution in [1.29, 1.82) is 0 Å². The van der Waals surface area contributed by atoms with E-state index in [4.69, 9.17) is 0 Å². The van der Waals surface area contributed by atoms with Crippen molar-refractivity contribution in [2.24, 2.45) is 0 Å². The molecule has 1 atom stereocenters. The fourth-order valence-corrected chi connectivity index (χ4v) is 3.08. The second-order valence-corrected chi connectivity index (χ2v) is 6.85. The van der Waals surface area contributed by atoms with E-state index in [9.17, 15) is 13.9 Å². The van der Waals surface area contributed by atoms with Gasteiger partial charge in [0.05, 0.1) is 17.4 Å². The molecule has 0 saturated heterocycles. The normalized spacial score (nSPS) is 20.9. The van der Waals surface area contributed by atoms with Gasteiger partial charge in [0.1, 0.15) is 17.8 Å². The molecular formula is C19H25F2N5O. The zero-order chi connectivity index (χ0) is 19.2. The van der Waals surface area contributed by atoms with E-state index in [0.717, 1.165) is 25.7 Å². The number of rotatable bonds is 7. The molecule has 6 nitrogen and oxygen atoms in total. The molecule has 1 aliphatic carbocycles. The minimum atomic E-state index is -0.977. The topological polar surface area (TPSA) is 83.0 Å². The van der Waals surface area contributed by atoms with Gasteiger partial charge < -0.3 is 15.7 Å². The van der Waals surface area contributed by atoms with Gasteiger partial charge in [0.15, 0.2) is 0 Å². The van der Waals surface area contributed by atoms with Gasteiger partial charge in [-0.15, -0.1) is 0 Å². The van der Waals surface area contributed by atoms with E-state index in [1.807, 2.05) is 0 Å². The fourth-order valence-electron chi connectivity index (χ4n) is 3.08. The lowest BCUT2D eigenvalue weighted by Gasteiger charge is -2.27. The van der Waals surface area contributed by atoms with Gasteiger partial charge >= 0.3 is 0 Å². The first-order chi connectivity index (χ1) is 13.0. The van der Waals surface area contributed by atoms with Crippen LogP contribution >= 0.6 is 0 Å². The Kier molecular flexibility index (Phi) is 6.49. The maximum atomic E-state index is 13.6. The highest BCUT2D eigenvalue weighted by atomic mass is 19.1. The van der Waals surface area contributed by atoms with Crippen LogP contribution in [0.4, 0.5) is 20.5 Å². The summed E-state index contributed by atoms with van der Waals surface area (Å²) in [5.74, 6) is 0.445. The van der Waals surface area contributed by atoms with Gasteiger partial charge in [-0.1, -0.05) is 6.92 Å². The van der Waals surface area contributed by atoms with E-state index in [1.165, 1.54) is 18.3 Å². The molecule has 0 aliphatic heterocycles. The number of halogens is 2. The summed E-state index contributed by atoms with van der Waals surface area (Å²) < 4.78 is 27.1. The van der Waals surface area contributed by atoms with Crippen LogP contribution in [0.2, 0.25) is 0 Å². The molecule has 1 saturated carbocycles. The lowest BCUT2D eigenvalue weighted by molar-refractivity contribution is 0.126. The predicted molar refractivity (Wildman–Crippen MR) is 101 cm³/mol. The van der Waals surface area contributed by atoms with Gasteiger partial charge in [0.25, 0.3) is 0 Å². The quantitative estimate of drug-likeness (QED) is 0.684. The number of nitrogens with zero attached hydrogens (tertiary/aromatic N) is 3. The first kappa shape index (κ1) is 19.4. The number of nitrogens with one attached hydrogen (secondary N) is 2. The van der Waals surface area contributed by atoms with Gasteiger partial charge in [-0.25, -0.2) is 13.8 Å². The van der Waals surface area contributed by atoms with E-state index in [0.29, 0.717) is 29.4 Å². The maximum absolute atomic E-state index is 13.6. The van der Waals surface area contributed by atoms with Crippen LogP contribution in [0.3, 0.4) is 0 Å². The molecule has 2 heterocycles. The van der Waals surface area contributed by atoms with Crippen molar-refractivity contribution >= 4 is 11.8 Å². The Morgan fingerprint density at radius 3 is 2.74 bits per heavy atom. The van der Waals surface area contributed by atoms with E-state index >= 15 is 0 Å². The van der Waals surface area contributed by atoms with E-state index in [2.05, 4.69) is 25.6 Å². The highest BCUT2D eigenvalue weighted by Crippen LogP contribution is 2.29. The monoisotopic (exact) mass is 377 g/mol. The van der Waals surface area contributed by atoms with Crippen LogP contribution in [0.15, 0.2) is 24.5 Å². The third kappa shape index (κ3) is 5.32. The summed E-state index contributed by atoms with van der Waals surface area (Å²) in [4.78, 5) is 12.9. The third-order valence-electron chi connectivity index (χ3n) is 4.75. The van der Waals surface area contributed by atoms with Crippen molar-refractivity contribution in [3.63, 3.8) is 0 Å². The molecule has 0 aromatic carbocycles. The summed E-state index contributed by atoms with van der Waals surface area (Å²) in [6, 6.07) is 2.76. The van der Waals surface area contributed by atoms with Crippen LogP contribution in [-0.4, -0.2) is 44.9 Å². The smallest absolute Gasteiger partial charge is 0.224 e. The summed E-state index contributed by atoms with van der Waals surface area (Å²) in [7, 11) is 0. The maximum Gasteiger partial charge on any atom is 0.224 e. The lowest BCUT2D eigenvalue weighted by atomic mass is 9.93. The molecule has 1 fully saturated rings. The molecule has 3 rings (SSSR count). The first-order valence-electron chi connectivity index (χ1n) is 9.36. The van der Waals surface area contributed by atoms with E-state index in [1.54, 1.807) is 13.1 Å². The van der Waals surface area contributed by atoms with E-state index in [-0.39, 0.29) is 18.7 Å². The Morgan fingerprint density at radius 2 is 2.04 bits per heavy atom. The molecule has 146 valence electrons. The predicted octanol–water partition coefficient (Wildman–Crippen LogP) is 3.55. The molecule has 2 aromatic rings. The van der Waals surface area contributed by atoms with Crippen LogP contribution in [0, 0.1) is 5.82 Å². The van der Waals surface area contributed by atoms with Gasteiger partial charge in [-0.2, -0.15) is 4.98 Å². The summed E-state index contributed by atoms with van der Waals surface area (Å²) in [5, 5.41) is 16.0. The van der Waals surface area contributed by atoms with Gasteiger partial charge in [0.2, 0.25) is 5.95 Å². The molecule has 0 unspecified atom stereocenters. The molecule has 0 bridgehead atoms. The van der Waals surface area contributed by atoms with Crippen molar-refractivity contribution in [1.82, 2.24) is 15.0 Å². The third-order valence-corrected chi connectivity index (χ3v) is 4.75. The fraction of sp³-hybridized carbons (Fsp3) is 0.526. The minimum Gasteiger partial charge on any atom is -0.393 e. The molecule has 0 spiro atoms. The molecule has 1 aliphatic rings. The molecule has 2 aromatic heterocycles. The average molecular weight is 377 g/mol. The minimum absolute atomic E-state index is 0.128. The molecular weight excluding hydrogens is 352 g/mol. The Hall–Kier alpha value is -2.35. The Bertz CT molecular complexity index is 753. The summed E-state index contributed by atoms with van der Waals surface area (Å²) >= 11 is 0. The van der Waals surface area contributed by atoms with E-state index < -0.39 is 12.0 Å². The van der Waals surface area contributed by atoms with Crippen molar-refractivity contribution < 1.29 is 13.9 Å². The lowest BCUT2D eigenvalue weighted by Crippen LogP contribution is -2.29. The van der Waals surface area contributed by atoms with Crippen LogP contribution in [0.25, 0.3) is 11.3 Å². The van der Waals surface area contributed by atoms with Crippen molar-refractivity contribution in [3.05, 3.63) is 30.3 Å². The number of aliphatic hydroxyl groups excluding tert-OH is 1. The largest absolute Gasteiger partial charge is 0.393 e. The number of alkyl halides is 1. The van der Waals surface area contributed by atoms with Crippen molar-refractivity contribution in [2.45, 2.75) is 57.3 Å². The number of hydrogen-bond acceptors (Lipinski definition) is 6. The summed E-state index contributed by atoms with van der Waals surface area (Å²) in [6.45, 7) is 1.90. The summed E-state index contributed by atoms with van der Waals surface area (Å²) in [5.41, 5.74) is 1.01. The van der Waals surface area contributed by atoms with Crippen LogP contribution in [0.5, 0.6) is 0 Å². The molecule has 0 amide bonds. The number of anilines is 2. The highest BCUT2D eigenvalue weighted by Gasteiger charge is 2.21. The number of pyridine rings is 1. The molecule has 27 heavy (non-hydrogen) atoms. The van der Waals surface area contributed by atoms with Crippen LogP contribution in [0.1, 0.15) is 39.0 Å². The van der Waals surface area contributed by atoms with Gasteiger partial charge in [0, 0.05) is 31.0 Å². The van der Waals surface area contributed by atoms with Gasteiger partial charge in [-0.3, -0.25) is 4.98 Å². The zero-order valence-corrected chi connectivity index (χ0v) is 15.3. The Labute approximate surface area is 157 Å². The first-order valence-corrected chi connectivity index (χ1v) is 9.36. The van der Waals surface area contributed by atoms with Crippen molar-refractivity contribution in [3.8, 4) is 11.3 Å². The number of aliphatic hydroxyl groups is 1. The summed E-state index contributed by atoms with van der Waals surface area (Å²) in [6.07, 6.45) is 5.21. The second kappa shape index (κ2) is 9.03. The standard InChI is InChI=1S/C19H25F2N5O/c1-2-12(20)10-23-19-24-11-16(17-9-13(21)7-8-22-17)18(26-19)25-14-3-5-15(27)6-4-14/h7-9,11-12,14-15,27H,2-6,10H2,1H3,(H2,23,24,25,26)/t12-,14?,15?/m0/s1. The van der Waals surface area contributed by atoms with Crippen molar-refractivity contribution in [2.75, 3.05) is 17.2 Å². The highest BCUT2D eigenvalue weighted by molar-refractivity contribution is 5.72.